The molecule has 5 nitrogen and oxygen atoms in total. The van der Waals surface area contributed by atoms with E-state index in [0.29, 0.717) is 6.61 Å². The molecular formula is C22H28N2O3. The molecule has 0 atom stereocenters. The summed E-state index contributed by atoms with van der Waals surface area (Å²) in [7, 11) is 1.65. The minimum Gasteiger partial charge on any atom is -0.497 e. The number of carbonyl (C=O) groups excluding carboxylic acids is 1. The SMILES string of the molecule is CCc1ccc(C(=O)N2CCN(CCOc3cccc(OC)c3)CC2)cc1. The second-order valence-corrected chi connectivity index (χ2v) is 6.71. The second-order valence-electron chi connectivity index (χ2n) is 6.71. The van der Waals surface area contributed by atoms with Crippen LogP contribution in [0.3, 0.4) is 0 Å². The van der Waals surface area contributed by atoms with Crippen LogP contribution in [0.5, 0.6) is 11.5 Å². The van der Waals surface area contributed by atoms with Crippen molar-refractivity contribution in [1.29, 1.82) is 0 Å². The zero-order valence-corrected chi connectivity index (χ0v) is 16.2. The standard InChI is InChI=1S/C22H28N2O3/c1-3-18-7-9-19(10-8-18)22(25)24-13-11-23(12-14-24)15-16-27-21-6-4-5-20(17-21)26-2/h4-10,17H,3,11-16H2,1-2H3. The molecule has 0 radical (unpaired) electrons. The molecule has 0 unspecified atom stereocenters. The van der Waals surface area contributed by atoms with Gasteiger partial charge in [-0.1, -0.05) is 25.1 Å². The third-order valence-electron chi connectivity index (χ3n) is 4.99. The summed E-state index contributed by atoms with van der Waals surface area (Å²) >= 11 is 0. The van der Waals surface area contributed by atoms with Crippen LogP contribution in [-0.2, 0) is 6.42 Å². The lowest BCUT2D eigenvalue weighted by atomic mass is 10.1. The van der Waals surface area contributed by atoms with Crippen molar-refractivity contribution in [2.24, 2.45) is 0 Å². The number of nitrogens with zero attached hydrogens (tertiary/aromatic N) is 2. The number of hydrogen-bond donors (Lipinski definition) is 0. The van der Waals surface area contributed by atoms with E-state index in [4.69, 9.17) is 9.47 Å². The number of rotatable bonds is 7. The monoisotopic (exact) mass is 368 g/mol. The van der Waals surface area contributed by atoms with E-state index in [0.717, 1.165) is 56.2 Å². The van der Waals surface area contributed by atoms with Crippen molar-refractivity contribution in [3.8, 4) is 11.5 Å². The maximum atomic E-state index is 12.6. The minimum absolute atomic E-state index is 0.130. The van der Waals surface area contributed by atoms with Crippen LogP contribution < -0.4 is 9.47 Å². The molecule has 1 aliphatic heterocycles. The fraction of sp³-hybridized carbons (Fsp3) is 0.409. The Bertz CT molecular complexity index is 737. The highest BCUT2D eigenvalue weighted by Crippen LogP contribution is 2.19. The van der Waals surface area contributed by atoms with Crippen molar-refractivity contribution >= 4 is 5.91 Å². The molecule has 2 aromatic carbocycles. The summed E-state index contributed by atoms with van der Waals surface area (Å²) in [6, 6.07) is 15.6. The molecule has 0 N–H and O–H groups in total. The summed E-state index contributed by atoms with van der Waals surface area (Å²) in [5.41, 5.74) is 2.04. The van der Waals surface area contributed by atoms with Gasteiger partial charge in [0.05, 0.1) is 7.11 Å². The van der Waals surface area contributed by atoms with Crippen LogP contribution in [0.1, 0.15) is 22.8 Å². The Labute approximate surface area is 161 Å². The molecule has 3 rings (SSSR count). The number of carbonyl (C=O) groups is 1. The molecule has 5 heteroatoms. The van der Waals surface area contributed by atoms with Gasteiger partial charge in [-0.2, -0.15) is 0 Å². The normalized spacial score (nSPS) is 14.8. The van der Waals surface area contributed by atoms with Crippen LogP contribution in [0.25, 0.3) is 0 Å². The second kappa shape index (κ2) is 9.42. The molecule has 0 bridgehead atoms. The fourth-order valence-corrected chi connectivity index (χ4v) is 3.22. The number of methoxy groups -OCH3 is 1. The number of amides is 1. The first-order chi connectivity index (χ1) is 13.2. The van der Waals surface area contributed by atoms with E-state index >= 15 is 0 Å². The van der Waals surface area contributed by atoms with Gasteiger partial charge in [0.25, 0.3) is 5.91 Å². The van der Waals surface area contributed by atoms with Crippen LogP contribution in [0.4, 0.5) is 0 Å². The first-order valence-corrected chi connectivity index (χ1v) is 9.57. The minimum atomic E-state index is 0.130. The van der Waals surface area contributed by atoms with Crippen LogP contribution in [0.15, 0.2) is 48.5 Å². The number of hydrogen-bond acceptors (Lipinski definition) is 4. The number of aryl methyl sites for hydroxylation is 1. The Kier molecular flexibility index (Phi) is 6.71. The van der Waals surface area contributed by atoms with Gasteiger partial charge in [0.1, 0.15) is 18.1 Å². The summed E-state index contributed by atoms with van der Waals surface area (Å²) in [4.78, 5) is 16.9. The largest absolute Gasteiger partial charge is 0.497 e. The first-order valence-electron chi connectivity index (χ1n) is 9.57. The summed E-state index contributed by atoms with van der Waals surface area (Å²) in [5, 5.41) is 0. The molecule has 1 saturated heterocycles. The van der Waals surface area contributed by atoms with Crippen molar-refractivity contribution in [2.45, 2.75) is 13.3 Å². The molecule has 144 valence electrons. The maximum absolute atomic E-state index is 12.6. The topological polar surface area (TPSA) is 42.0 Å². The van der Waals surface area contributed by atoms with E-state index in [9.17, 15) is 4.79 Å². The van der Waals surface area contributed by atoms with Gasteiger partial charge in [0, 0.05) is 44.4 Å². The molecule has 0 aliphatic carbocycles. The first kappa shape index (κ1) is 19.2. The van der Waals surface area contributed by atoms with Gasteiger partial charge in [-0.25, -0.2) is 0 Å². The maximum Gasteiger partial charge on any atom is 0.253 e. The molecule has 1 aliphatic rings. The number of ether oxygens (including phenoxy) is 2. The van der Waals surface area contributed by atoms with E-state index in [-0.39, 0.29) is 5.91 Å². The Morgan fingerprint density at radius 2 is 1.70 bits per heavy atom. The molecule has 27 heavy (non-hydrogen) atoms. The lowest BCUT2D eigenvalue weighted by Crippen LogP contribution is -2.49. The third kappa shape index (κ3) is 5.23. The summed E-state index contributed by atoms with van der Waals surface area (Å²) in [5.74, 6) is 1.75. The van der Waals surface area contributed by atoms with Crippen LogP contribution in [0, 0.1) is 0 Å². The summed E-state index contributed by atoms with van der Waals surface area (Å²) < 4.78 is 11.0. The van der Waals surface area contributed by atoms with Crippen LogP contribution >= 0.6 is 0 Å². The molecule has 1 heterocycles. The van der Waals surface area contributed by atoms with Crippen molar-refractivity contribution in [3.05, 3.63) is 59.7 Å². The Balaban J connectivity index is 1.42. The highest BCUT2D eigenvalue weighted by atomic mass is 16.5. The molecule has 1 fully saturated rings. The van der Waals surface area contributed by atoms with E-state index in [1.54, 1.807) is 7.11 Å². The van der Waals surface area contributed by atoms with Crippen molar-refractivity contribution < 1.29 is 14.3 Å². The molecule has 1 amide bonds. The predicted molar refractivity (Wildman–Crippen MR) is 107 cm³/mol. The molecule has 0 aromatic heterocycles. The van der Waals surface area contributed by atoms with Crippen molar-refractivity contribution in [1.82, 2.24) is 9.80 Å². The summed E-state index contributed by atoms with van der Waals surface area (Å²) in [6.07, 6.45) is 0.991. The van der Waals surface area contributed by atoms with E-state index in [1.165, 1.54) is 5.56 Å². The van der Waals surface area contributed by atoms with Gasteiger partial charge < -0.3 is 14.4 Å². The molecule has 0 spiro atoms. The lowest BCUT2D eigenvalue weighted by molar-refractivity contribution is 0.0620. The van der Waals surface area contributed by atoms with Crippen LogP contribution in [-0.4, -0.2) is 62.1 Å². The van der Waals surface area contributed by atoms with Gasteiger partial charge in [-0.05, 0) is 36.2 Å². The van der Waals surface area contributed by atoms with Gasteiger partial charge in [-0.3, -0.25) is 9.69 Å². The van der Waals surface area contributed by atoms with E-state index < -0.39 is 0 Å². The predicted octanol–water partition coefficient (Wildman–Crippen LogP) is 3.09. The van der Waals surface area contributed by atoms with Crippen molar-refractivity contribution in [3.63, 3.8) is 0 Å². The smallest absolute Gasteiger partial charge is 0.253 e. The molecule has 2 aromatic rings. The Morgan fingerprint density at radius 1 is 1.00 bits per heavy atom. The zero-order valence-electron chi connectivity index (χ0n) is 16.2. The van der Waals surface area contributed by atoms with Gasteiger partial charge >= 0.3 is 0 Å². The Morgan fingerprint density at radius 3 is 2.37 bits per heavy atom. The van der Waals surface area contributed by atoms with Crippen molar-refractivity contribution in [2.75, 3.05) is 46.4 Å². The van der Waals surface area contributed by atoms with Crippen LogP contribution in [0.2, 0.25) is 0 Å². The van der Waals surface area contributed by atoms with Gasteiger partial charge in [0.15, 0.2) is 0 Å². The average Bonchev–Trinajstić information content (AvgIpc) is 2.74. The number of piperazine rings is 1. The Hall–Kier alpha value is -2.53. The third-order valence-corrected chi connectivity index (χ3v) is 4.99. The molecule has 0 saturated carbocycles. The highest BCUT2D eigenvalue weighted by Gasteiger charge is 2.21. The fourth-order valence-electron chi connectivity index (χ4n) is 3.22. The van der Waals surface area contributed by atoms with Gasteiger partial charge in [-0.15, -0.1) is 0 Å². The van der Waals surface area contributed by atoms with E-state index in [2.05, 4.69) is 11.8 Å². The lowest BCUT2D eigenvalue weighted by Gasteiger charge is -2.34. The zero-order chi connectivity index (χ0) is 19.1. The summed E-state index contributed by atoms with van der Waals surface area (Å²) in [6.45, 7) is 6.86. The quantitative estimate of drug-likeness (QED) is 0.753. The highest BCUT2D eigenvalue weighted by molar-refractivity contribution is 5.94. The number of benzene rings is 2. The molecular weight excluding hydrogens is 340 g/mol. The van der Waals surface area contributed by atoms with Gasteiger partial charge in [0.2, 0.25) is 0 Å². The van der Waals surface area contributed by atoms with E-state index in [1.807, 2.05) is 53.4 Å². The average molecular weight is 368 g/mol.